The molecule has 142 valence electrons. The summed E-state index contributed by atoms with van der Waals surface area (Å²) in [5, 5.41) is 8.90. The number of hydrogen-bond acceptors (Lipinski definition) is 8. The van der Waals surface area contributed by atoms with Gasteiger partial charge in [-0.1, -0.05) is 17.7 Å². The molecule has 4 N–H and O–H groups in total. The fourth-order valence-electron chi connectivity index (χ4n) is 2.48. The third-order valence-electron chi connectivity index (χ3n) is 3.85. The average Bonchev–Trinajstić information content (AvgIpc) is 3.18. The second-order valence-electron chi connectivity index (χ2n) is 5.55. The number of thiophene rings is 1. The number of nitrogen functional groups attached to an aromatic ring is 1. The quantitative estimate of drug-likeness (QED) is 0.517. The lowest BCUT2D eigenvalue weighted by molar-refractivity contribution is 0.396. The Hall–Kier alpha value is -2.71. The number of rotatable bonds is 8. The zero-order valence-electron chi connectivity index (χ0n) is 15.0. The Bertz CT molecular complexity index is 905. The van der Waals surface area contributed by atoms with Gasteiger partial charge in [0.15, 0.2) is 11.6 Å². The smallest absolute Gasteiger partial charge is 0.159 e. The van der Waals surface area contributed by atoms with E-state index in [9.17, 15) is 0 Å². The van der Waals surface area contributed by atoms with Crippen LogP contribution in [0.15, 0.2) is 36.0 Å². The number of benzene rings is 1. The number of nitrogens with one attached hydrogen (secondary N) is 2. The lowest BCUT2D eigenvalue weighted by Crippen LogP contribution is -2.10. The van der Waals surface area contributed by atoms with Gasteiger partial charge in [-0.15, -0.1) is 11.3 Å². The molecule has 0 saturated heterocycles. The molecular formula is C18H20ClN5O2S. The number of halogens is 1. The van der Waals surface area contributed by atoms with Crippen LogP contribution in [0.1, 0.15) is 4.88 Å². The molecule has 2 heterocycles. The topological polar surface area (TPSA) is 94.3 Å². The van der Waals surface area contributed by atoms with E-state index in [4.69, 9.17) is 26.8 Å². The van der Waals surface area contributed by atoms with Gasteiger partial charge in [0, 0.05) is 17.5 Å². The van der Waals surface area contributed by atoms with E-state index in [1.54, 1.807) is 37.7 Å². The first kappa shape index (κ1) is 19.1. The van der Waals surface area contributed by atoms with Gasteiger partial charge < -0.3 is 25.8 Å². The minimum absolute atomic E-state index is 0.415. The van der Waals surface area contributed by atoms with E-state index in [-0.39, 0.29) is 0 Å². The van der Waals surface area contributed by atoms with Crippen LogP contribution in [0.2, 0.25) is 5.02 Å². The molecular weight excluding hydrogens is 386 g/mol. The molecule has 0 saturated carbocycles. The van der Waals surface area contributed by atoms with E-state index in [1.807, 2.05) is 6.07 Å². The Labute approximate surface area is 166 Å². The predicted molar refractivity (Wildman–Crippen MR) is 111 cm³/mol. The van der Waals surface area contributed by atoms with E-state index in [0.717, 1.165) is 13.0 Å². The molecule has 0 spiro atoms. The summed E-state index contributed by atoms with van der Waals surface area (Å²) in [7, 11) is 3.11. The second-order valence-corrected chi connectivity index (χ2v) is 6.99. The van der Waals surface area contributed by atoms with Crippen molar-refractivity contribution in [3.05, 3.63) is 45.9 Å². The van der Waals surface area contributed by atoms with Gasteiger partial charge in [0.2, 0.25) is 0 Å². The lowest BCUT2D eigenvalue weighted by atomic mass is 10.2. The fourth-order valence-corrected chi connectivity index (χ4v) is 3.43. The molecule has 0 amide bonds. The van der Waals surface area contributed by atoms with Crippen molar-refractivity contribution in [2.75, 3.05) is 37.1 Å². The molecule has 0 aliphatic rings. The highest BCUT2D eigenvalue weighted by Gasteiger charge is 2.14. The molecule has 1 aromatic carbocycles. The number of aromatic nitrogens is 2. The molecule has 0 atom stereocenters. The van der Waals surface area contributed by atoms with Gasteiger partial charge in [-0.25, -0.2) is 9.97 Å². The first-order valence-corrected chi connectivity index (χ1v) is 9.43. The maximum atomic E-state index is 6.23. The van der Waals surface area contributed by atoms with Gasteiger partial charge >= 0.3 is 0 Å². The summed E-state index contributed by atoms with van der Waals surface area (Å²) < 4.78 is 10.6. The molecule has 0 bridgehead atoms. The second kappa shape index (κ2) is 8.79. The summed E-state index contributed by atoms with van der Waals surface area (Å²) in [4.78, 5) is 9.75. The van der Waals surface area contributed by atoms with E-state index >= 15 is 0 Å². The Balaban J connectivity index is 1.76. The third kappa shape index (κ3) is 4.53. The van der Waals surface area contributed by atoms with Crippen LogP contribution >= 0.6 is 22.9 Å². The zero-order chi connectivity index (χ0) is 19.2. The monoisotopic (exact) mass is 405 g/mol. The Morgan fingerprint density at radius 1 is 1.15 bits per heavy atom. The van der Waals surface area contributed by atoms with Crippen molar-refractivity contribution in [3.8, 4) is 11.5 Å². The van der Waals surface area contributed by atoms with Gasteiger partial charge in [-0.05, 0) is 23.9 Å². The van der Waals surface area contributed by atoms with Crippen LogP contribution in [0.4, 0.5) is 23.0 Å². The number of anilines is 4. The maximum Gasteiger partial charge on any atom is 0.159 e. The first-order chi connectivity index (χ1) is 13.1. The van der Waals surface area contributed by atoms with Gasteiger partial charge in [-0.2, -0.15) is 0 Å². The number of ether oxygens (including phenoxy) is 2. The van der Waals surface area contributed by atoms with Crippen molar-refractivity contribution >= 4 is 45.9 Å². The van der Waals surface area contributed by atoms with Crippen LogP contribution in [-0.4, -0.2) is 30.7 Å². The first-order valence-electron chi connectivity index (χ1n) is 8.17. The van der Waals surface area contributed by atoms with E-state index in [2.05, 4.69) is 32.0 Å². The predicted octanol–water partition coefficient (Wildman–Crippen LogP) is 4.19. The lowest BCUT2D eigenvalue weighted by Gasteiger charge is -2.15. The summed E-state index contributed by atoms with van der Waals surface area (Å²) in [6.07, 6.45) is 2.34. The Morgan fingerprint density at radius 2 is 1.93 bits per heavy atom. The van der Waals surface area contributed by atoms with Crippen LogP contribution in [0.25, 0.3) is 0 Å². The van der Waals surface area contributed by atoms with Gasteiger partial charge in [0.25, 0.3) is 0 Å². The molecule has 0 unspecified atom stereocenters. The third-order valence-corrected chi connectivity index (χ3v) is 5.09. The van der Waals surface area contributed by atoms with Crippen LogP contribution in [0.3, 0.4) is 0 Å². The van der Waals surface area contributed by atoms with Gasteiger partial charge in [0.05, 0.1) is 24.9 Å². The summed E-state index contributed by atoms with van der Waals surface area (Å²) in [6.45, 7) is 0.721. The van der Waals surface area contributed by atoms with Crippen molar-refractivity contribution in [2.45, 2.75) is 6.42 Å². The molecule has 0 aliphatic heterocycles. The minimum atomic E-state index is 0.415. The van der Waals surface area contributed by atoms with Gasteiger partial charge in [-0.3, -0.25) is 0 Å². The summed E-state index contributed by atoms with van der Waals surface area (Å²) >= 11 is 7.94. The fraction of sp³-hybridized carbons (Fsp3) is 0.222. The number of nitrogens with zero attached hydrogens (tertiary/aromatic N) is 2. The largest absolute Gasteiger partial charge is 0.495 e. The molecule has 7 nitrogen and oxygen atoms in total. The van der Waals surface area contributed by atoms with Crippen molar-refractivity contribution in [2.24, 2.45) is 0 Å². The molecule has 0 radical (unpaired) electrons. The highest BCUT2D eigenvalue weighted by atomic mass is 35.5. The molecule has 0 fully saturated rings. The summed E-state index contributed by atoms with van der Waals surface area (Å²) in [5.41, 5.74) is 7.27. The summed E-state index contributed by atoms with van der Waals surface area (Å²) in [6, 6.07) is 7.53. The Morgan fingerprint density at radius 3 is 2.63 bits per heavy atom. The highest BCUT2D eigenvalue weighted by molar-refractivity contribution is 7.09. The van der Waals surface area contributed by atoms with Crippen molar-refractivity contribution in [1.29, 1.82) is 0 Å². The Kier molecular flexibility index (Phi) is 6.20. The maximum absolute atomic E-state index is 6.23. The van der Waals surface area contributed by atoms with Crippen LogP contribution in [-0.2, 0) is 6.42 Å². The number of hydrogen-bond donors (Lipinski definition) is 3. The van der Waals surface area contributed by atoms with Gasteiger partial charge in [0.1, 0.15) is 23.5 Å². The van der Waals surface area contributed by atoms with Crippen molar-refractivity contribution in [1.82, 2.24) is 9.97 Å². The highest BCUT2D eigenvalue weighted by Crippen LogP contribution is 2.38. The molecule has 27 heavy (non-hydrogen) atoms. The average molecular weight is 406 g/mol. The van der Waals surface area contributed by atoms with Crippen molar-refractivity contribution in [3.63, 3.8) is 0 Å². The van der Waals surface area contributed by atoms with E-state index in [1.165, 1.54) is 11.2 Å². The SMILES string of the molecule is COc1cc(OC)c(Nc2ncnc(NCCc3cccs3)c2N)cc1Cl. The molecule has 2 aromatic heterocycles. The molecule has 9 heteroatoms. The zero-order valence-corrected chi connectivity index (χ0v) is 16.5. The normalized spacial score (nSPS) is 10.5. The standard InChI is InChI=1S/C18H20ClN5O2S/c1-25-14-9-15(26-2)13(8-12(14)19)24-18-16(20)17(22-10-23-18)21-6-5-11-4-3-7-27-11/h3-4,7-10H,5-6,20H2,1-2H3,(H2,21,22,23,24). The molecule has 3 aromatic rings. The van der Waals surface area contributed by atoms with Crippen LogP contribution in [0, 0.1) is 0 Å². The van der Waals surface area contributed by atoms with E-state index < -0.39 is 0 Å². The number of methoxy groups -OCH3 is 2. The molecule has 3 rings (SSSR count). The summed E-state index contributed by atoms with van der Waals surface area (Å²) in [5.74, 6) is 2.11. The number of nitrogens with two attached hydrogens (primary N) is 1. The van der Waals surface area contributed by atoms with Crippen LogP contribution < -0.4 is 25.8 Å². The van der Waals surface area contributed by atoms with Crippen molar-refractivity contribution < 1.29 is 9.47 Å². The molecule has 0 aliphatic carbocycles. The van der Waals surface area contributed by atoms with E-state index in [0.29, 0.717) is 39.5 Å². The van der Waals surface area contributed by atoms with Crippen LogP contribution in [0.5, 0.6) is 11.5 Å². The minimum Gasteiger partial charge on any atom is -0.495 e.